The molecule has 110 valence electrons. The molecule has 7 heteroatoms. The lowest BCUT2D eigenvalue weighted by Gasteiger charge is -2.14. The van der Waals surface area contributed by atoms with Gasteiger partial charge in [0.2, 0.25) is 0 Å². The standard InChI is InChI=1S/C12H23N3O2S2/c1-4-6-7-9(3)14-12-10(11(13)15-18-12)19(16,17)8-5-2/h9,14H,4-8H2,1-3H3,(H2,13,15). The Morgan fingerprint density at radius 2 is 2.05 bits per heavy atom. The van der Waals surface area contributed by atoms with Crippen LogP contribution in [0.5, 0.6) is 0 Å². The van der Waals surface area contributed by atoms with Crippen LogP contribution in [0.2, 0.25) is 0 Å². The van der Waals surface area contributed by atoms with E-state index in [0.717, 1.165) is 30.8 Å². The van der Waals surface area contributed by atoms with Crippen molar-refractivity contribution in [1.29, 1.82) is 0 Å². The van der Waals surface area contributed by atoms with Crippen LogP contribution in [-0.4, -0.2) is 24.6 Å². The molecule has 0 aromatic carbocycles. The third-order valence-corrected chi connectivity index (χ3v) is 5.73. The lowest BCUT2D eigenvalue weighted by molar-refractivity contribution is 0.595. The van der Waals surface area contributed by atoms with Crippen molar-refractivity contribution < 1.29 is 8.42 Å². The summed E-state index contributed by atoms with van der Waals surface area (Å²) in [4.78, 5) is 0.183. The largest absolute Gasteiger partial charge is 0.382 e. The van der Waals surface area contributed by atoms with E-state index in [-0.39, 0.29) is 22.5 Å². The molecular weight excluding hydrogens is 282 g/mol. The summed E-state index contributed by atoms with van der Waals surface area (Å²) in [6.07, 6.45) is 3.81. The van der Waals surface area contributed by atoms with Gasteiger partial charge < -0.3 is 11.1 Å². The summed E-state index contributed by atoms with van der Waals surface area (Å²) in [5.74, 6) is 0.219. The maximum Gasteiger partial charge on any atom is 0.185 e. The molecule has 1 atom stereocenters. The first-order valence-electron chi connectivity index (χ1n) is 6.66. The Kier molecular flexibility index (Phi) is 6.06. The lowest BCUT2D eigenvalue weighted by atomic mass is 10.1. The van der Waals surface area contributed by atoms with Crippen molar-refractivity contribution in [3.05, 3.63) is 0 Å². The van der Waals surface area contributed by atoms with E-state index < -0.39 is 9.84 Å². The number of unbranched alkanes of at least 4 members (excludes halogenated alkanes) is 1. The summed E-state index contributed by atoms with van der Waals surface area (Å²) < 4.78 is 28.3. The van der Waals surface area contributed by atoms with Crippen LogP contribution < -0.4 is 11.1 Å². The predicted molar refractivity (Wildman–Crippen MR) is 81.5 cm³/mol. The topological polar surface area (TPSA) is 85.1 Å². The van der Waals surface area contributed by atoms with Gasteiger partial charge in [0, 0.05) is 6.04 Å². The quantitative estimate of drug-likeness (QED) is 0.771. The van der Waals surface area contributed by atoms with Crippen LogP contribution in [0.25, 0.3) is 0 Å². The Hall–Kier alpha value is -0.820. The van der Waals surface area contributed by atoms with Gasteiger partial charge in [0.05, 0.1) is 5.75 Å². The Bertz CT molecular complexity index is 497. The number of nitrogens with two attached hydrogens (primary N) is 1. The first-order chi connectivity index (χ1) is 8.92. The summed E-state index contributed by atoms with van der Waals surface area (Å²) in [5.41, 5.74) is 5.71. The molecule has 0 radical (unpaired) electrons. The predicted octanol–water partition coefficient (Wildman–Crippen LogP) is 2.90. The average molecular weight is 305 g/mol. The van der Waals surface area contributed by atoms with Gasteiger partial charge in [-0.05, 0) is 31.3 Å². The second-order valence-electron chi connectivity index (χ2n) is 4.73. The van der Waals surface area contributed by atoms with E-state index in [9.17, 15) is 8.42 Å². The van der Waals surface area contributed by atoms with Gasteiger partial charge in [-0.25, -0.2) is 8.42 Å². The van der Waals surface area contributed by atoms with Gasteiger partial charge in [-0.2, -0.15) is 4.37 Å². The summed E-state index contributed by atoms with van der Waals surface area (Å²) in [7, 11) is -3.33. The van der Waals surface area contributed by atoms with Crippen LogP contribution >= 0.6 is 11.5 Å². The van der Waals surface area contributed by atoms with Crippen molar-refractivity contribution in [2.24, 2.45) is 0 Å². The highest BCUT2D eigenvalue weighted by Crippen LogP contribution is 2.33. The molecule has 0 bridgehead atoms. The van der Waals surface area contributed by atoms with Crippen molar-refractivity contribution >= 4 is 32.2 Å². The minimum Gasteiger partial charge on any atom is -0.382 e. The molecule has 0 aliphatic heterocycles. The second kappa shape index (κ2) is 7.09. The fourth-order valence-electron chi connectivity index (χ4n) is 1.86. The van der Waals surface area contributed by atoms with Gasteiger partial charge in [-0.3, -0.25) is 0 Å². The number of aromatic nitrogens is 1. The summed E-state index contributed by atoms with van der Waals surface area (Å²) >= 11 is 1.13. The maximum atomic E-state index is 12.2. The highest BCUT2D eigenvalue weighted by molar-refractivity contribution is 7.91. The molecular formula is C12H23N3O2S2. The zero-order chi connectivity index (χ0) is 14.5. The number of nitrogens with zero attached hydrogens (tertiary/aromatic N) is 1. The van der Waals surface area contributed by atoms with Crippen LogP contribution in [0.15, 0.2) is 4.90 Å². The molecule has 5 nitrogen and oxygen atoms in total. The molecule has 0 spiro atoms. The van der Waals surface area contributed by atoms with Crippen molar-refractivity contribution in [3.8, 4) is 0 Å². The Morgan fingerprint density at radius 3 is 2.63 bits per heavy atom. The van der Waals surface area contributed by atoms with E-state index in [1.807, 2.05) is 13.8 Å². The first kappa shape index (κ1) is 16.2. The molecule has 0 fully saturated rings. The molecule has 1 aromatic heterocycles. The van der Waals surface area contributed by atoms with E-state index in [0.29, 0.717) is 11.4 Å². The van der Waals surface area contributed by atoms with Crippen LogP contribution in [0.4, 0.5) is 10.8 Å². The van der Waals surface area contributed by atoms with Gasteiger partial charge in [0.15, 0.2) is 15.7 Å². The highest BCUT2D eigenvalue weighted by Gasteiger charge is 2.25. The molecule has 1 rings (SSSR count). The van der Waals surface area contributed by atoms with Gasteiger partial charge >= 0.3 is 0 Å². The molecule has 1 aromatic rings. The number of rotatable bonds is 8. The van der Waals surface area contributed by atoms with Crippen molar-refractivity contribution in [1.82, 2.24) is 4.37 Å². The van der Waals surface area contributed by atoms with Gasteiger partial charge in [0.1, 0.15) is 9.90 Å². The molecule has 1 heterocycles. The molecule has 0 aliphatic rings. The number of anilines is 2. The van der Waals surface area contributed by atoms with E-state index >= 15 is 0 Å². The highest BCUT2D eigenvalue weighted by atomic mass is 32.2. The number of nitrogen functional groups attached to an aromatic ring is 1. The number of hydrogen-bond acceptors (Lipinski definition) is 6. The fourth-order valence-corrected chi connectivity index (χ4v) is 4.58. The minimum atomic E-state index is -3.33. The molecule has 0 amide bonds. The van der Waals surface area contributed by atoms with Crippen LogP contribution in [0.1, 0.15) is 46.5 Å². The van der Waals surface area contributed by atoms with Gasteiger partial charge in [0.25, 0.3) is 0 Å². The number of sulfone groups is 1. The van der Waals surface area contributed by atoms with Gasteiger partial charge in [-0.15, -0.1) is 0 Å². The molecule has 1 unspecified atom stereocenters. The zero-order valence-electron chi connectivity index (χ0n) is 11.8. The van der Waals surface area contributed by atoms with Crippen LogP contribution in [0, 0.1) is 0 Å². The van der Waals surface area contributed by atoms with Crippen LogP contribution in [0.3, 0.4) is 0 Å². The van der Waals surface area contributed by atoms with E-state index in [4.69, 9.17) is 5.73 Å². The monoisotopic (exact) mass is 305 g/mol. The maximum absolute atomic E-state index is 12.2. The number of nitrogens with one attached hydrogen (secondary N) is 1. The van der Waals surface area contributed by atoms with Crippen molar-refractivity contribution in [2.45, 2.75) is 57.4 Å². The third kappa shape index (κ3) is 4.35. The Labute approximate surface area is 119 Å². The fraction of sp³-hybridized carbons (Fsp3) is 0.750. The first-order valence-corrected chi connectivity index (χ1v) is 9.09. The summed E-state index contributed by atoms with van der Waals surface area (Å²) in [5, 5.41) is 3.81. The minimum absolute atomic E-state index is 0.105. The average Bonchev–Trinajstić information content (AvgIpc) is 2.68. The van der Waals surface area contributed by atoms with Crippen LogP contribution in [-0.2, 0) is 9.84 Å². The van der Waals surface area contributed by atoms with E-state index in [1.165, 1.54) is 0 Å². The Balaban J connectivity index is 2.92. The van der Waals surface area contributed by atoms with Crippen molar-refractivity contribution in [2.75, 3.05) is 16.8 Å². The number of hydrogen-bond donors (Lipinski definition) is 2. The molecule has 3 N–H and O–H groups in total. The second-order valence-corrected chi connectivity index (χ2v) is 7.55. The normalized spacial score (nSPS) is 13.4. The smallest absolute Gasteiger partial charge is 0.185 e. The zero-order valence-corrected chi connectivity index (χ0v) is 13.4. The van der Waals surface area contributed by atoms with Gasteiger partial charge in [-0.1, -0.05) is 26.7 Å². The van der Waals surface area contributed by atoms with E-state index in [2.05, 4.69) is 16.6 Å². The Morgan fingerprint density at radius 1 is 1.37 bits per heavy atom. The lowest BCUT2D eigenvalue weighted by Crippen LogP contribution is -2.17. The summed E-state index contributed by atoms with van der Waals surface area (Å²) in [6, 6.07) is 0.218. The molecule has 0 saturated carbocycles. The van der Waals surface area contributed by atoms with Crippen molar-refractivity contribution in [3.63, 3.8) is 0 Å². The molecule has 19 heavy (non-hydrogen) atoms. The summed E-state index contributed by atoms with van der Waals surface area (Å²) in [6.45, 7) is 6.01. The third-order valence-electron chi connectivity index (χ3n) is 2.83. The molecule has 0 aliphatic carbocycles. The molecule has 0 saturated heterocycles. The van der Waals surface area contributed by atoms with E-state index in [1.54, 1.807) is 0 Å². The SMILES string of the molecule is CCCCC(C)Nc1snc(N)c1S(=O)(=O)CCC.